The molecule has 1 heterocycles. The van der Waals surface area contributed by atoms with Crippen molar-refractivity contribution in [3.63, 3.8) is 0 Å². The predicted octanol–water partition coefficient (Wildman–Crippen LogP) is 5.33. The van der Waals surface area contributed by atoms with Gasteiger partial charge in [0.15, 0.2) is 23.1 Å². The Hall–Kier alpha value is -3.42. The van der Waals surface area contributed by atoms with Gasteiger partial charge in [0.05, 0.1) is 30.9 Å². The Morgan fingerprint density at radius 1 is 1.08 bits per heavy atom. The lowest BCUT2D eigenvalue weighted by Gasteiger charge is -2.27. The first-order chi connectivity index (χ1) is 18.0. The molecule has 0 saturated heterocycles. The number of benzene rings is 2. The Balaban J connectivity index is 1.48. The van der Waals surface area contributed by atoms with Crippen LogP contribution in [0.2, 0.25) is 0 Å². The number of hydrogen-bond acceptors (Lipinski definition) is 5. The lowest BCUT2D eigenvalue weighted by atomic mass is 9.84. The molecule has 2 saturated carbocycles. The summed E-state index contributed by atoms with van der Waals surface area (Å²) >= 11 is 0. The highest BCUT2D eigenvalue weighted by Crippen LogP contribution is 2.58. The van der Waals surface area contributed by atoms with Crippen molar-refractivity contribution in [1.29, 1.82) is 5.41 Å². The normalized spacial score (nSPS) is 17.4. The molecule has 0 unspecified atom stereocenters. The number of carbonyl (C=O) groups excluding carboxylic acids is 2. The van der Waals surface area contributed by atoms with Crippen LogP contribution in [0.1, 0.15) is 97.7 Å². The van der Waals surface area contributed by atoms with Crippen LogP contribution >= 0.6 is 0 Å². The van der Waals surface area contributed by atoms with Gasteiger partial charge in [0, 0.05) is 17.2 Å². The van der Waals surface area contributed by atoms with Gasteiger partial charge in [-0.1, -0.05) is 20.8 Å². The van der Waals surface area contributed by atoms with Gasteiger partial charge in [-0.05, 0) is 80.3 Å². The Labute approximate surface area is 223 Å². The molecule has 2 aromatic rings. The molecule has 1 amide bonds. The number of rotatable bonds is 9. The van der Waals surface area contributed by atoms with Crippen LogP contribution in [-0.2, 0) is 11.0 Å². The van der Waals surface area contributed by atoms with Gasteiger partial charge in [0.1, 0.15) is 5.84 Å². The average molecular weight is 522 g/mol. The molecular weight excluding hydrogens is 485 g/mol. The number of nitrogens with zero attached hydrogens (tertiary/aromatic N) is 1. The molecule has 0 aromatic heterocycles. The van der Waals surface area contributed by atoms with Crippen LogP contribution in [0.3, 0.4) is 0 Å². The molecule has 1 aliphatic heterocycles. The molecule has 5 rings (SSSR count). The van der Waals surface area contributed by atoms with E-state index in [9.17, 15) is 9.59 Å². The van der Waals surface area contributed by atoms with Crippen molar-refractivity contribution in [2.75, 3.05) is 19.8 Å². The average Bonchev–Trinajstić information content (AvgIpc) is 3.79. The third kappa shape index (κ3) is 4.54. The van der Waals surface area contributed by atoms with E-state index in [-0.39, 0.29) is 53.4 Å². The number of ketones is 1. The molecule has 2 aliphatic carbocycles. The molecule has 0 atom stereocenters. The van der Waals surface area contributed by atoms with Gasteiger partial charge in [0.25, 0.3) is 5.91 Å². The predicted molar refractivity (Wildman–Crippen MR) is 143 cm³/mol. The minimum absolute atomic E-state index is 0.00558. The van der Waals surface area contributed by atoms with E-state index in [0.717, 1.165) is 18.4 Å². The quantitative estimate of drug-likeness (QED) is 0.436. The summed E-state index contributed by atoms with van der Waals surface area (Å²) in [6.45, 7) is 10.2. The van der Waals surface area contributed by atoms with E-state index < -0.39 is 11.4 Å². The molecule has 7 nitrogen and oxygen atoms in total. The Kier molecular flexibility index (Phi) is 6.48. The second kappa shape index (κ2) is 9.40. The van der Waals surface area contributed by atoms with Crippen molar-refractivity contribution >= 4 is 17.5 Å². The number of halogens is 1. The number of amidine groups is 1. The van der Waals surface area contributed by atoms with Gasteiger partial charge in [-0.3, -0.25) is 15.0 Å². The van der Waals surface area contributed by atoms with Crippen molar-refractivity contribution in [2.45, 2.75) is 77.3 Å². The maximum Gasteiger partial charge on any atom is 0.251 e. The summed E-state index contributed by atoms with van der Waals surface area (Å²) in [6, 6.07) is 7.31. The van der Waals surface area contributed by atoms with E-state index in [4.69, 9.17) is 14.9 Å². The van der Waals surface area contributed by atoms with Crippen molar-refractivity contribution < 1.29 is 23.5 Å². The van der Waals surface area contributed by atoms with E-state index >= 15 is 4.39 Å². The van der Waals surface area contributed by atoms with Gasteiger partial charge in [0.2, 0.25) is 0 Å². The lowest BCUT2D eigenvalue weighted by Crippen LogP contribution is -2.38. The highest BCUT2D eigenvalue weighted by Gasteiger charge is 2.58. The van der Waals surface area contributed by atoms with E-state index in [1.165, 1.54) is 0 Å². The summed E-state index contributed by atoms with van der Waals surface area (Å²) in [5.74, 6) is -0.704. The zero-order valence-electron chi connectivity index (χ0n) is 22.8. The summed E-state index contributed by atoms with van der Waals surface area (Å²) < 4.78 is 27.0. The van der Waals surface area contributed by atoms with Crippen LogP contribution in [0.4, 0.5) is 4.39 Å². The molecule has 3 aliphatic rings. The van der Waals surface area contributed by atoms with Gasteiger partial charge in [-0.15, -0.1) is 0 Å². The summed E-state index contributed by atoms with van der Waals surface area (Å²) in [7, 11) is 0. The first-order valence-corrected chi connectivity index (χ1v) is 13.5. The minimum atomic E-state index is -0.618. The Morgan fingerprint density at radius 3 is 2.32 bits per heavy atom. The zero-order valence-corrected chi connectivity index (χ0v) is 22.8. The van der Waals surface area contributed by atoms with Gasteiger partial charge < -0.3 is 19.7 Å². The fourth-order valence-electron chi connectivity index (χ4n) is 5.22. The molecule has 0 bridgehead atoms. The van der Waals surface area contributed by atoms with Crippen molar-refractivity contribution in [2.24, 2.45) is 0 Å². The minimum Gasteiger partial charge on any atom is -0.490 e. The van der Waals surface area contributed by atoms with E-state index in [0.29, 0.717) is 41.9 Å². The molecule has 2 N–H and O–H groups in total. The van der Waals surface area contributed by atoms with E-state index in [1.54, 1.807) is 24.0 Å². The summed E-state index contributed by atoms with van der Waals surface area (Å²) in [6.07, 6.45) is 3.38. The van der Waals surface area contributed by atoms with Crippen molar-refractivity contribution in [1.82, 2.24) is 10.2 Å². The number of ether oxygens (including phenoxy) is 2. The summed E-state index contributed by atoms with van der Waals surface area (Å²) in [4.78, 5) is 28.3. The van der Waals surface area contributed by atoms with Crippen LogP contribution in [0, 0.1) is 11.2 Å². The van der Waals surface area contributed by atoms with Crippen LogP contribution in [0.5, 0.6) is 11.5 Å². The van der Waals surface area contributed by atoms with Gasteiger partial charge >= 0.3 is 0 Å². The summed E-state index contributed by atoms with van der Waals surface area (Å²) in [5.41, 5.74) is 1.74. The van der Waals surface area contributed by atoms with Crippen LogP contribution < -0.4 is 14.8 Å². The van der Waals surface area contributed by atoms with E-state index in [1.807, 2.05) is 39.8 Å². The zero-order chi connectivity index (χ0) is 27.4. The number of fused-ring (bicyclic) bond motifs is 2. The molecule has 8 heteroatoms. The number of carbonyl (C=O) groups is 2. The Bertz CT molecular complexity index is 1320. The number of nitrogens with one attached hydrogen (secondary N) is 2. The topological polar surface area (TPSA) is 91.7 Å². The van der Waals surface area contributed by atoms with Crippen molar-refractivity contribution in [3.8, 4) is 11.5 Å². The highest BCUT2D eigenvalue weighted by molar-refractivity contribution is 6.08. The first-order valence-electron chi connectivity index (χ1n) is 13.5. The second-order valence-electron chi connectivity index (χ2n) is 11.5. The van der Waals surface area contributed by atoms with E-state index in [2.05, 4.69) is 5.32 Å². The lowest BCUT2D eigenvalue weighted by molar-refractivity contribution is 0.0943. The maximum atomic E-state index is 15.7. The van der Waals surface area contributed by atoms with Crippen molar-refractivity contribution in [3.05, 3.63) is 57.9 Å². The fraction of sp³-hybridized carbons (Fsp3) is 0.500. The molecule has 1 spiro atoms. The number of hydrogen-bond donors (Lipinski definition) is 2. The fourth-order valence-corrected chi connectivity index (χ4v) is 5.22. The smallest absolute Gasteiger partial charge is 0.251 e. The van der Waals surface area contributed by atoms with Gasteiger partial charge in [-0.25, -0.2) is 4.39 Å². The van der Waals surface area contributed by atoms with Gasteiger partial charge in [-0.2, -0.15) is 0 Å². The summed E-state index contributed by atoms with van der Waals surface area (Å²) in [5, 5.41) is 11.9. The SMILES string of the molecule is CCOc1cc2c(c(F)c1OCC)C(=N)N(CC(=O)c1cc(C(=O)NC3CC3)cc(C(C)(C)C)c1)C21CC1. The Morgan fingerprint density at radius 2 is 1.74 bits per heavy atom. The first kappa shape index (κ1) is 26.2. The largest absolute Gasteiger partial charge is 0.490 e. The molecule has 38 heavy (non-hydrogen) atoms. The number of amides is 1. The molecule has 0 radical (unpaired) electrons. The van der Waals surface area contributed by atoms with Crippen LogP contribution in [0.15, 0.2) is 24.3 Å². The maximum absolute atomic E-state index is 15.7. The third-order valence-electron chi connectivity index (χ3n) is 7.62. The third-order valence-corrected chi connectivity index (χ3v) is 7.62. The monoisotopic (exact) mass is 521 g/mol. The molecule has 2 aromatic carbocycles. The number of Topliss-reactive ketones (excluding diaryl/α,β-unsaturated/α-hetero) is 1. The molecule has 202 valence electrons. The highest BCUT2D eigenvalue weighted by atomic mass is 19.1. The standard InChI is InChI=1S/C30H36FN3O4/c1-6-37-23-15-21-24(25(31)26(23)38-7-2)27(32)34(30(21)10-11-30)16-22(35)17-12-18(28(36)33-20-8-9-20)14-19(13-17)29(3,4)5/h12-15,20,32H,6-11,16H2,1-5H3,(H,33,36). The second-order valence-corrected chi connectivity index (χ2v) is 11.5. The van der Waals surface area contributed by atoms with Crippen LogP contribution in [-0.4, -0.2) is 48.2 Å². The van der Waals surface area contributed by atoms with Crippen LogP contribution in [0.25, 0.3) is 0 Å². The molecular formula is C30H36FN3O4. The molecule has 2 fully saturated rings.